The fourth-order valence-electron chi connectivity index (χ4n) is 5.59. The van der Waals surface area contributed by atoms with Crippen molar-refractivity contribution in [3.8, 4) is 0 Å². The zero-order chi connectivity index (χ0) is 20.5. The maximum absolute atomic E-state index is 11.5. The van der Waals surface area contributed by atoms with E-state index in [4.69, 9.17) is 0 Å². The lowest BCUT2D eigenvalue weighted by Crippen LogP contribution is -2.99. The third-order valence-corrected chi connectivity index (χ3v) is 6.89. The molecule has 7 atom stereocenters. The van der Waals surface area contributed by atoms with Crippen molar-refractivity contribution >= 4 is 0 Å². The third kappa shape index (κ3) is 1.98. The van der Waals surface area contributed by atoms with E-state index in [0.29, 0.717) is 11.1 Å². The van der Waals surface area contributed by atoms with Gasteiger partial charge in [-0.3, -0.25) is 0 Å². The second kappa shape index (κ2) is 6.10. The van der Waals surface area contributed by atoms with Gasteiger partial charge in [0, 0.05) is 5.92 Å². The smallest absolute Gasteiger partial charge is 0.138 e. The highest BCUT2D eigenvalue weighted by atomic mass is 16.5. The van der Waals surface area contributed by atoms with Gasteiger partial charge >= 0.3 is 0 Å². The SMILES string of the molecule is Cc1ccc(C2[C@]3(O)C(O)C(c4ccccc4)[C@]3(O)[C@]2(O)[C@H](O)CO)c(C)c1. The average molecular weight is 386 g/mol. The molecule has 3 unspecified atom stereocenters. The van der Waals surface area contributed by atoms with Gasteiger partial charge in [-0.25, -0.2) is 0 Å². The zero-order valence-electron chi connectivity index (χ0n) is 15.8. The van der Waals surface area contributed by atoms with Gasteiger partial charge in [-0.05, 0) is 30.5 Å². The van der Waals surface area contributed by atoms with Crippen molar-refractivity contribution < 1.29 is 30.6 Å². The Bertz CT molecular complexity index is 901. The number of fused-ring (bicyclic) bond motifs is 1. The summed E-state index contributed by atoms with van der Waals surface area (Å²) in [6, 6.07) is 14.0. The maximum Gasteiger partial charge on any atom is 0.138 e. The number of aliphatic hydroxyl groups is 6. The van der Waals surface area contributed by atoms with Gasteiger partial charge in [-0.1, -0.05) is 54.1 Å². The summed E-state index contributed by atoms with van der Waals surface area (Å²) in [5, 5.41) is 65.3. The summed E-state index contributed by atoms with van der Waals surface area (Å²) in [5.41, 5.74) is -3.74. The van der Waals surface area contributed by atoms with Crippen LogP contribution < -0.4 is 0 Å². The van der Waals surface area contributed by atoms with Gasteiger partial charge in [0.1, 0.15) is 22.9 Å². The van der Waals surface area contributed by atoms with Gasteiger partial charge < -0.3 is 30.6 Å². The minimum Gasteiger partial charge on any atom is -0.394 e. The van der Waals surface area contributed by atoms with Crippen LogP contribution in [0.2, 0.25) is 0 Å². The lowest BCUT2D eigenvalue weighted by Gasteiger charge is -2.80. The lowest BCUT2D eigenvalue weighted by atomic mass is 9.30. The van der Waals surface area contributed by atoms with Crippen LogP contribution in [-0.2, 0) is 0 Å². The molecule has 6 heteroatoms. The molecule has 2 aromatic rings. The van der Waals surface area contributed by atoms with Crippen LogP contribution in [-0.4, -0.2) is 66.3 Å². The highest BCUT2D eigenvalue weighted by molar-refractivity contribution is 5.57. The van der Waals surface area contributed by atoms with Gasteiger partial charge in [0.05, 0.1) is 18.6 Å². The summed E-state index contributed by atoms with van der Waals surface area (Å²) in [5.74, 6) is -2.17. The third-order valence-electron chi connectivity index (χ3n) is 6.89. The quantitative estimate of drug-likeness (QED) is 0.444. The van der Waals surface area contributed by atoms with Crippen molar-refractivity contribution in [2.45, 2.75) is 54.7 Å². The van der Waals surface area contributed by atoms with Crippen molar-refractivity contribution in [1.29, 1.82) is 0 Å². The molecule has 0 amide bonds. The van der Waals surface area contributed by atoms with E-state index in [1.54, 1.807) is 49.4 Å². The Morgan fingerprint density at radius 2 is 1.64 bits per heavy atom. The Balaban J connectivity index is 1.88. The van der Waals surface area contributed by atoms with E-state index in [0.717, 1.165) is 11.1 Å². The Morgan fingerprint density at radius 1 is 1.00 bits per heavy atom. The van der Waals surface area contributed by atoms with Crippen molar-refractivity contribution in [2.24, 2.45) is 0 Å². The van der Waals surface area contributed by atoms with Crippen LogP contribution in [0.15, 0.2) is 48.5 Å². The molecule has 0 aliphatic heterocycles. The molecule has 2 aliphatic carbocycles. The fraction of sp³-hybridized carbons (Fsp3) is 0.455. The minimum absolute atomic E-state index is 0.512. The van der Waals surface area contributed by atoms with E-state index in [9.17, 15) is 30.6 Å². The van der Waals surface area contributed by atoms with Gasteiger partial charge in [-0.2, -0.15) is 0 Å². The van der Waals surface area contributed by atoms with Crippen LogP contribution in [0.4, 0.5) is 0 Å². The summed E-state index contributed by atoms with van der Waals surface area (Å²) in [6.45, 7) is 2.91. The number of hydrogen-bond acceptors (Lipinski definition) is 6. The molecule has 28 heavy (non-hydrogen) atoms. The fourth-order valence-corrected chi connectivity index (χ4v) is 5.59. The van der Waals surface area contributed by atoms with Crippen LogP contribution in [0.3, 0.4) is 0 Å². The predicted molar refractivity (Wildman–Crippen MR) is 102 cm³/mol. The molecule has 2 fully saturated rings. The molecule has 0 aromatic heterocycles. The van der Waals surface area contributed by atoms with Crippen LogP contribution in [0.5, 0.6) is 0 Å². The molecule has 6 N–H and O–H groups in total. The monoisotopic (exact) mass is 386 g/mol. The van der Waals surface area contributed by atoms with Crippen molar-refractivity contribution in [3.05, 3.63) is 70.8 Å². The van der Waals surface area contributed by atoms with E-state index in [1.165, 1.54) is 0 Å². The maximum atomic E-state index is 11.5. The molecule has 4 rings (SSSR count). The molecule has 0 bridgehead atoms. The molecule has 2 aromatic carbocycles. The first-order valence-electron chi connectivity index (χ1n) is 9.41. The van der Waals surface area contributed by atoms with Gasteiger partial charge in [0.25, 0.3) is 0 Å². The van der Waals surface area contributed by atoms with Crippen molar-refractivity contribution in [2.75, 3.05) is 6.61 Å². The standard InChI is InChI=1S/C22H26O6/c1-12-8-9-15(13(2)10-12)18-20(26,16(24)11-23)22(28)17(19(25)21(18,22)27)14-6-4-3-5-7-14/h3-10,16-19,23-28H,11H2,1-2H3/t16-,17?,18?,19?,20+,21+,22+/m1/s1. The molecule has 6 nitrogen and oxygen atoms in total. The Labute approximate surface area is 163 Å². The highest BCUT2D eigenvalue weighted by Gasteiger charge is 2.93. The molecule has 0 heterocycles. The van der Waals surface area contributed by atoms with E-state index in [1.807, 2.05) is 13.0 Å². The van der Waals surface area contributed by atoms with E-state index in [-0.39, 0.29) is 0 Å². The number of aliphatic hydroxyl groups excluding tert-OH is 3. The molecule has 150 valence electrons. The molecule has 2 saturated carbocycles. The van der Waals surface area contributed by atoms with Crippen molar-refractivity contribution in [3.63, 3.8) is 0 Å². The molecule has 0 radical (unpaired) electrons. The number of aryl methyl sites for hydroxylation is 2. The van der Waals surface area contributed by atoms with Crippen LogP contribution in [0.1, 0.15) is 34.1 Å². The average Bonchev–Trinajstić information content (AvgIpc) is 2.69. The summed E-state index contributed by atoms with van der Waals surface area (Å²) in [6.07, 6.45) is -3.06. The Hall–Kier alpha value is -1.80. The number of rotatable bonds is 4. The first-order valence-corrected chi connectivity index (χ1v) is 9.41. The highest BCUT2D eigenvalue weighted by Crippen LogP contribution is 2.75. The van der Waals surface area contributed by atoms with Gasteiger partial charge in [0.2, 0.25) is 0 Å². The topological polar surface area (TPSA) is 121 Å². The van der Waals surface area contributed by atoms with Crippen LogP contribution in [0.25, 0.3) is 0 Å². The summed E-state index contributed by atoms with van der Waals surface area (Å²) in [7, 11) is 0. The molecular formula is C22H26O6. The lowest BCUT2D eigenvalue weighted by molar-refractivity contribution is -0.459. The first-order chi connectivity index (χ1) is 13.2. The summed E-state index contributed by atoms with van der Waals surface area (Å²) in [4.78, 5) is 0. The summed E-state index contributed by atoms with van der Waals surface area (Å²) < 4.78 is 0. The zero-order valence-corrected chi connectivity index (χ0v) is 15.8. The molecule has 0 saturated heterocycles. The summed E-state index contributed by atoms with van der Waals surface area (Å²) >= 11 is 0. The normalized spacial score (nSPS) is 40.2. The number of hydrogen-bond donors (Lipinski definition) is 6. The first kappa shape index (κ1) is 19.5. The Morgan fingerprint density at radius 3 is 2.21 bits per heavy atom. The van der Waals surface area contributed by atoms with Crippen LogP contribution >= 0.6 is 0 Å². The Kier molecular flexibility index (Phi) is 4.25. The van der Waals surface area contributed by atoms with Gasteiger partial charge in [-0.15, -0.1) is 0 Å². The predicted octanol–water partition coefficient (Wildman–Crippen LogP) is 0.105. The second-order valence-electron chi connectivity index (χ2n) is 8.24. The molecule has 2 aliphatic rings. The van der Waals surface area contributed by atoms with Crippen molar-refractivity contribution in [1.82, 2.24) is 0 Å². The van der Waals surface area contributed by atoms with E-state index >= 15 is 0 Å². The van der Waals surface area contributed by atoms with E-state index < -0.39 is 47.5 Å². The van der Waals surface area contributed by atoms with E-state index in [2.05, 4.69) is 0 Å². The van der Waals surface area contributed by atoms with Crippen LogP contribution in [0, 0.1) is 13.8 Å². The van der Waals surface area contributed by atoms with Gasteiger partial charge in [0.15, 0.2) is 0 Å². The number of benzene rings is 2. The molecule has 0 spiro atoms. The second-order valence-corrected chi connectivity index (χ2v) is 8.24. The minimum atomic E-state index is -2.24. The molecular weight excluding hydrogens is 360 g/mol. The largest absolute Gasteiger partial charge is 0.394 e.